The van der Waals surface area contributed by atoms with Gasteiger partial charge in [0.15, 0.2) is 0 Å². The Balaban J connectivity index is 1.24. The molecule has 0 bridgehead atoms. The Morgan fingerprint density at radius 3 is 1.37 bits per heavy atom. The van der Waals surface area contributed by atoms with Crippen molar-refractivity contribution in [1.82, 2.24) is 0 Å². The van der Waals surface area contributed by atoms with E-state index in [2.05, 4.69) is 302 Å². The average molecular weight is 1010 g/mol. The first-order valence-electron chi connectivity index (χ1n) is 27.8. The predicted octanol–water partition coefficient (Wildman–Crippen LogP) is 18.2. The summed E-state index contributed by atoms with van der Waals surface area (Å²) in [5.74, 6) is 0. The van der Waals surface area contributed by atoms with Gasteiger partial charge in [-0.25, -0.2) is 0 Å². The van der Waals surface area contributed by atoms with Gasteiger partial charge in [0.2, 0.25) is 0 Å². The van der Waals surface area contributed by atoms with Gasteiger partial charge in [0.1, 0.15) is 0 Å². The van der Waals surface area contributed by atoms with Gasteiger partial charge in [-0.3, -0.25) is 0 Å². The van der Waals surface area contributed by atoms with Crippen LogP contribution < -0.4 is 36.0 Å². The van der Waals surface area contributed by atoms with Crippen LogP contribution in [-0.2, 0) is 10.8 Å². The number of fused-ring (bicyclic) bond motifs is 7. The van der Waals surface area contributed by atoms with Gasteiger partial charge in [0, 0.05) is 62.2 Å². The quantitative estimate of drug-likeness (QED) is 0.141. The summed E-state index contributed by atoms with van der Waals surface area (Å²) in [6.45, 7) is 24.8. The topological polar surface area (TPSA) is 13.0 Å². The van der Waals surface area contributed by atoms with Gasteiger partial charge in [-0.15, -0.1) is 0 Å². The first-order chi connectivity index (χ1) is 37.5. The summed E-state index contributed by atoms with van der Waals surface area (Å²) in [4.78, 5) is 10.3. The zero-order valence-electron chi connectivity index (χ0n) is 47.0. The van der Waals surface area contributed by atoms with E-state index in [1.807, 2.05) is 0 Å². The first-order valence-corrected chi connectivity index (χ1v) is 27.8. The monoisotopic (exact) mass is 1010 g/mol. The highest BCUT2D eigenvalue weighted by molar-refractivity contribution is 7.00. The number of rotatable bonds is 8. The molecular formula is C73H67BN4. The Bertz CT molecular complexity index is 3870. The van der Waals surface area contributed by atoms with Crippen molar-refractivity contribution < 1.29 is 0 Å². The van der Waals surface area contributed by atoms with Crippen LogP contribution in [0.15, 0.2) is 206 Å². The van der Waals surface area contributed by atoms with Crippen LogP contribution in [0.3, 0.4) is 0 Å². The van der Waals surface area contributed by atoms with Crippen molar-refractivity contribution in [3.63, 3.8) is 0 Å². The summed E-state index contributed by atoms with van der Waals surface area (Å²) in [5.41, 5.74) is 31.0. The molecule has 382 valence electrons. The molecule has 0 saturated heterocycles. The summed E-state index contributed by atoms with van der Waals surface area (Å²) in [5, 5.41) is 0. The van der Waals surface area contributed by atoms with Crippen LogP contribution in [0.2, 0.25) is 0 Å². The molecule has 2 heterocycles. The zero-order chi connectivity index (χ0) is 53.9. The van der Waals surface area contributed by atoms with Gasteiger partial charge in [-0.2, -0.15) is 0 Å². The summed E-state index contributed by atoms with van der Waals surface area (Å²) < 4.78 is 0. The lowest BCUT2D eigenvalue weighted by Gasteiger charge is -2.47. The summed E-state index contributed by atoms with van der Waals surface area (Å²) >= 11 is 0. The molecule has 3 aliphatic rings. The van der Waals surface area contributed by atoms with Crippen LogP contribution >= 0.6 is 0 Å². The van der Waals surface area contributed by atoms with E-state index in [4.69, 9.17) is 0 Å². The fourth-order valence-electron chi connectivity index (χ4n) is 12.7. The Morgan fingerprint density at radius 1 is 0.397 bits per heavy atom. The van der Waals surface area contributed by atoms with Gasteiger partial charge >= 0.3 is 0 Å². The van der Waals surface area contributed by atoms with Crippen LogP contribution in [0.4, 0.5) is 68.2 Å². The van der Waals surface area contributed by atoms with Crippen molar-refractivity contribution in [1.29, 1.82) is 0 Å². The lowest BCUT2D eigenvalue weighted by atomic mass is 9.33. The summed E-state index contributed by atoms with van der Waals surface area (Å²) in [6, 6.07) is 79.1. The lowest BCUT2D eigenvalue weighted by molar-refractivity contribution is 0.590. The molecular weight excluding hydrogens is 944 g/mol. The van der Waals surface area contributed by atoms with Crippen LogP contribution in [0.5, 0.6) is 0 Å². The molecule has 0 saturated carbocycles. The highest BCUT2D eigenvalue weighted by Crippen LogP contribution is 2.60. The standard InChI is InChI=1S/C73H67BN4/c1-46-16-29-53(30-17-46)75(54-31-18-47(2)19-32-54)59-43-66-69-67(44-59)78(58-39-27-52(28-40-58)72(7,8)9)70-64(74(69)63-42-51(6)26-41-65(63)77(66)57-37-24-50(5)25-38-57)45-62-68(60-14-12-13-15-61(60)73(62,10)11)71(70)76(55-33-20-48(3)21-34-55)56-35-22-49(4)23-36-56/h12-45H,1-11H3. The summed E-state index contributed by atoms with van der Waals surface area (Å²) in [7, 11) is 0. The van der Waals surface area contributed by atoms with Crippen LogP contribution in [-0.4, -0.2) is 6.71 Å². The predicted molar refractivity (Wildman–Crippen MR) is 335 cm³/mol. The number of hydrogen-bond acceptors (Lipinski definition) is 4. The fraction of sp³-hybridized carbons (Fsp3) is 0.178. The Labute approximate surface area is 463 Å². The third-order valence-electron chi connectivity index (χ3n) is 16.9. The van der Waals surface area contributed by atoms with Crippen molar-refractivity contribution in [3.05, 3.63) is 256 Å². The third-order valence-corrected chi connectivity index (χ3v) is 16.9. The molecule has 10 aromatic carbocycles. The molecule has 4 nitrogen and oxygen atoms in total. The molecule has 0 N–H and O–H groups in total. The lowest BCUT2D eigenvalue weighted by Crippen LogP contribution is -2.62. The van der Waals surface area contributed by atoms with E-state index in [0.717, 1.165) is 51.2 Å². The average Bonchev–Trinajstić information content (AvgIpc) is 3.88. The molecule has 1 aliphatic carbocycles. The van der Waals surface area contributed by atoms with Gasteiger partial charge in [-0.1, -0.05) is 183 Å². The fourth-order valence-corrected chi connectivity index (χ4v) is 12.7. The molecule has 0 aromatic heterocycles. The second kappa shape index (κ2) is 18.3. The maximum atomic E-state index is 2.66. The smallest absolute Gasteiger partial charge is 0.252 e. The number of anilines is 12. The van der Waals surface area contributed by atoms with E-state index in [9.17, 15) is 0 Å². The molecule has 0 amide bonds. The van der Waals surface area contributed by atoms with Crippen molar-refractivity contribution in [2.24, 2.45) is 0 Å². The van der Waals surface area contributed by atoms with E-state index in [-0.39, 0.29) is 17.5 Å². The minimum atomic E-state index is -0.311. The molecule has 0 spiro atoms. The van der Waals surface area contributed by atoms with E-state index in [0.29, 0.717) is 0 Å². The van der Waals surface area contributed by atoms with E-state index >= 15 is 0 Å². The van der Waals surface area contributed by atoms with Gasteiger partial charge in [0.25, 0.3) is 6.71 Å². The van der Waals surface area contributed by atoms with Crippen molar-refractivity contribution in [2.75, 3.05) is 19.6 Å². The number of benzene rings is 10. The SMILES string of the molecule is Cc1ccc(N(c2ccc(C)cc2)c2cc3c4c(c2)N(c2ccc(C(C)(C)C)cc2)c2c(cc5c(c2N(c2ccc(C)cc2)c2ccc(C)cc2)-c2ccccc2C5(C)C)B4c2cc(C)ccc2N3c2ccc(C)cc2)cc1. The first kappa shape index (κ1) is 49.1. The molecule has 0 radical (unpaired) electrons. The van der Waals surface area contributed by atoms with Gasteiger partial charge in [-0.05, 0) is 177 Å². The van der Waals surface area contributed by atoms with Crippen molar-refractivity contribution in [2.45, 2.75) is 87.0 Å². The number of aryl methyl sites for hydroxylation is 6. The zero-order valence-corrected chi connectivity index (χ0v) is 47.0. The molecule has 2 aliphatic heterocycles. The van der Waals surface area contributed by atoms with Crippen molar-refractivity contribution >= 4 is 91.3 Å². The van der Waals surface area contributed by atoms with Crippen LogP contribution in [0.1, 0.15) is 84.7 Å². The molecule has 0 fully saturated rings. The molecule has 0 unspecified atom stereocenters. The van der Waals surface area contributed by atoms with E-state index in [1.165, 1.54) is 94.6 Å². The molecule has 10 aromatic rings. The minimum absolute atomic E-state index is 0.0455. The Kier molecular flexibility index (Phi) is 11.5. The Hall–Kier alpha value is -8.54. The molecule has 13 rings (SSSR count). The second-order valence-corrected chi connectivity index (χ2v) is 24.0. The van der Waals surface area contributed by atoms with Crippen LogP contribution in [0.25, 0.3) is 11.1 Å². The molecule has 0 atom stereocenters. The highest BCUT2D eigenvalue weighted by atomic mass is 15.2. The number of hydrogen-bond donors (Lipinski definition) is 0. The van der Waals surface area contributed by atoms with Gasteiger partial charge in [0.05, 0.1) is 17.1 Å². The number of nitrogens with zero attached hydrogens (tertiary/aromatic N) is 4. The molecule has 78 heavy (non-hydrogen) atoms. The maximum Gasteiger partial charge on any atom is 0.252 e. The van der Waals surface area contributed by atoms with Crippen molar-refractivity contribution in [3.8, 4) is 11.1 Å². The van der Waals surface area contributed by atoms with E-state index in [1.54, 1.807) is 0 Å². The minimum Gasteiger partial charge on any atom is -0.311 e. The normalized spacial score (nSPS) is 13.6. The van der Waals surface area contributed by atoms with Crippen LogP contribution in [0, 0.1) is 41.5 Å². The maximum absolute atomic E-state index is 2.66. The second-order valence-electron chi connectivity index (χ2n) is 24.0. The molecule has 5 heteroatoms. The highest BCUT2D eigenvalue weighted by Gasteiger charge is 2.49. The third kappa shape index (κ3) is 7.96. The Morgan fingerprint density at radius 2 is 0.846 bits per heavy atom. The summed E-state index contributed by atoms with van der Waals surface area (Å²) in [6.07, 6.45) is 0. The van der Waals surface area contributed by atoms with E-state index < -0.39 is 0 Å². The largest absolute Gasteiger partial charge is 0.311 e. The van der Waals surface area contributed by atoms with Gasteiger partial charge < -0.3 is 19.6 Å².